The molecule has 164 valence electrons. The molecule has 0 radical (unpaired) electrons. The highest BCUT2D eigenvalue weighted by Crippen LogP contribution is 2.23. The molecule has 2 heterocycles. The quantitative estimate of drug-likeness (QED) is 0.402. The standard InChI is InChI=1S/C24H26N6OS/c1-17(2)19-4-8-21(9-5-19)29-13-12-26-24(29)32-14-23(31)28-18(3)20-6-10-22(11-7-20)30-16-25-15-27-30/h4-13,15-18H,14H2,1-3H3,(H,28,31)/t18-/m1/s1. The van der Waals surface area contributed by atoms with Crippen molar-refractivity contribution < 1.29 is 4.79 Å². The number of carbonyl (C=O) groups excluding carboxylic acids is 1. The Morgan fingerprint density at radius 1 is 1.00 bits per heavy atom. The molecule has 32 heavy (non-hydrogen) atoms. The molecule has 0 aliphatic carbocycles. The molecule has 1 N–H and O–H groups in total. The van der Waals surface area contributed by atoms with Gasteiger partial charge in [-0.2, -0.15) is 5.10 Å². The average Bonchev–Trinajstić information content (AvgIpc) is 3.50. The van der Waals surface area contributed by atoms with E-state index in [4.69, 9.17) is 0 Å². The lowest BCUT2D eigenvalue weighted by Gasteiger charge is -2.15. The van der Waals surface area contributed by atoms with Crippen LogP contribution in [0.25, 0.3) is 11.4 Å². The number of thioether (sulfide) groups is 1. The number of hydrogen-bond acceptors (Lipinski definition) is 5. The molecular weight excluding hydrogens is 420 g/mol. The normalized spacial score (nSPS) is 12.1. The molecule has 8 heteroatoms. The smallest absolute Gasteiger partial charge is 0.230 e. The van der Waals surface area contributed by atoms with Gasteiger partial charge in [0, 0.05) is 18.1 Å². The molecule has 0 aliphatic rings. The molecule has 7 nitrogen and oxygen atoms in total. The summed E-state index contributed by atoms with van der Waals surface area (Å²) in [6.07, 6.45) is 6.83. The second kappa shape index (κ2) is 9.82. The van der Waals surface area contributed by atoms with E-state index < -0.39 is 0 Å². The Bertz CT molecular complexity index is 1150. The van der Waals surface area contributed by atoms with Crippen molar-refractivity contribution in [3.63, 3.8) is 0 Å². The van der Waals surface area contributed by atoms with E-state index in [0.717, 1.165) is 22.1 Å². The lowest BCUT2D eigenvalue weighted by molar-refractivity contribution is -0.119. The van der Waals surface area contributed by atoms with E-state index in [1.54, 1.807) is 17.2 Å². The molecule has 0 saturated heterocycles. The summed E-state index contributed by atoms with van der Waals surface area (Å²) in [7, 11) is 0. The monoisotopic (exact) mass is 446 g/mol. The van der Waals surface area contributed by atoms with Gasteiger partial charge < -0.3 is 5.32 Å². The number of aromatic nitrogens is 5. The molecule has 0 unspecified atom stereocenters. The van der Waals surface area contributed by atoms with Crippen LogP contribution in [-0.2, 0) is 4.79 Å². The number of nitrogens with one attached hydrogen (secondary N) is 1. The third-order valence-corrected chi connectivity index (χ3v) is 6.20. The molecule has 4 aromatic rings. The SMILES string of the molecule is CC(C)c1ccc(-n2ccnc2SCC(=O)N[C@H](C)c2ccc(-n3cncn3)cc2)cc1. The van der Waals surface area contributed by atoms with Crippen molar-refractivity contribution in [3.05, 3.63) is 84.7 Å². The van der Waals surface area contributed by atoms with Crippen molar-refractivity contribution in [1.82, 2.24) is 29.6 Å². The zero-order valence-electron chi connectivity index (χ0n) is 18.3. The number of amides is 1. The highest BCUT2D eigenvalue weighted by Gasteiger charge is 2.13. The summed E-state index contributed by atoms with van der Waals surface area (Å²) >= 11 is 1.43. The summed E-state index contributed by atoms with van der Waals surface area (Å²) < 4.78 is 3.70. The molecule has 0 saturated carbocycles. The number of carbonyl (C=O) groups is 1. The zero-order valence-corrected chi connectivity index (χ0v) is 19.2. The van der Waals surface area contributed by atoms with Gasteiger partial charge in [-0.1, -0.05) is 49.9 Å². The first kappa shape index (κ1) is 21.8. The highest BCUT2D eigenvalue weighted by molar-refractivity contribution is 7.99. The first-order valence-corrected chi connectivity index (χ1v) is 11.5. The predicted octanol–water partition coefficient (Wildman–Crippen LogP) is 4.55. The lowest BCUT2D eigenvalue weighted by atomic mass is 10.0. The summed E-state index contributed by atoms with van der Waals surface area (Å²) in [5.74, 6) is 0.750. The Morgan fingerprint density at radius 2 is 1.69 bits per heavy atom. The van der Waals surface area contributed by atoms with Crippen LogP contribution in [0.15, 0.2) is 78.7 Å². The average molecular weight is 447 g/mol. The molecular formula is C24H26N6OS. The molecule has 2 aromatic carbocycles. The molecule has 2 aromatic heterocycles. The maximum Gasteiger partial charge on any atom is 0.230 e. The van der Waals surface area contributed by atoms with E-state index in [2.05, 4.69) is 58.5 Å². The maximum atomic E-state index is 12.6. The van der Waals surface area contributed by atoms with Crippen LogP contribution in [-0.4, -0.2) is 36.0 Å². The first-order chi connectivity index (χ1) is 15.5. The van der Waals surface area contributed by atoms with Gasteiger partial charge in [0.25, 0.3) is 0 Å². The van der Waals surface area contributed by atoms with E-state index in [1.165, 1.54) is 23.7 Å². The van der Waals surface area contributed by atoms with Gasteiger partial charge in [0.05, 0.1) is 17.5 Å². The van der Waals surface area contributed by atoms with Crippen molar-refractivity contribution in [2.75, 3.05) is 5.75 Å². The van der Waals surface area contributed by atoms with Crippen LogP contribution in [0, 0.1) is 0 Å². The van der Waals surface area contributed by atoms with Crippen LogP contribution >= 0.6 is 11.8 Å². The van der Waals surface area contributed by atoms with Crippen LogP contribution in [0.3, 0.4) is 0 Å². The maximum absolute atomic E-state index is 12.6. The van der Waals surface area contributed by atoms with Gasteiger partial charge in [0.2, 0.25) is 5.91 Å². The Hall–Kier alpha value is -3.39. The van der Waals surface area contributed by atoms with Gasteiger partial charge in [-0.05, 0) is 48.2 Å². The van der Waals surface area contributed by atoms with E-state index in [0.29, 0.717) is 11.7 Å². The van der Waals surface area contributed by atoms with E-state index in [-0.39, 0.29) is 11.9 Å². The van der Waals surface area contributed by atoms with Crippen molar-refractivity contribution in [2.45, 2.75) is 37.9 Å². The van der Waals surface area contributed by atoms with Gasteiger partial charge in [-0.25, -0.2) is 14.6 Å². The number of rotatable bonds is 8. The van der Waals surface area contributed by atoms with Crippen LogP contribution in [0.5, 0.6) is 0 Å². The van der Waals surface area contributed by atoms with Crippen molar-refractivity contribution in [2.24, 2.45) is 0 Å². The summed E-state index contributed by atoms with van der Waals surface area (Å²) in [5, 5.41) is 7.98. The lowest BCUT2D eigenvalue weighted by Crippen LogP contribution is -2.28. The fourth-order valence-electron chi connectivity index (χ4n) is 3.37. The summed E-state index contributed by atoms with van der Waals surface area (Å²) in [6, 6.07) is 16.2. The van der Waals surface area contributed by atoms with Crippen LogP contribution in [0.2, 0.25) is 0 Å². The topological polar surface area (TPSA) is 77.6 Å². The molecule has 1 atom stereocenters. The molecule has 0 fully saturated rings. The van der Waals surface area contributed by atoms with E-state index >= 15 is 0 Å². The van der Waals surface area contributed by atoms with Gasteiger partial charge in [0.1, 0.15) is 12.7 Å². The molecule has 0 bridgehead atoms. The largest absolute Gasteiger partial charge is 0.349 e. The van der Waals surface area contributed by atoms with Gasteiger partial charge >= 0.3 is 0 Å². The van der Waals surface area contributed by atoms with Gasteiger partial charge in [0.15, 0.2) is 5.16 Å². The first-order valence-electron chi connectivity index (χ1n) is 10.5. The Labute approximate surface area is 191 Å². The fraction of sp³-hybridized carbons (Fsp3) is 0.250. The number of imidazole rings is 1. The molecule has 0 spiro atoms. The summed E-state index contributed by atoms with van der Waals surface area (Å²) in [6.45, 7) is 6.33. The zero-order chi connectivity index (χ0) is 22.5. The minimum Gasteiger partial charge on any atom is -0.349 e. The van der Waals surface area contributed by atoms with E-state index in [1.807, 2.05) is 42.0 Å². The van der Waals surface area contributed by atoms with Gasteiger partial charge in [-0.3, -0.25) is 9.36 Å². The summed E-state index contributed by atoms with van der Waals surface area (Å²) in [5.41, 5.74) is 4.29. The number of benzene rings is 2. The Kier molecular flexibility index (Phi) is 6.70. The third kappa shape index (κ3) is 5.08. The fourth-order valence-corrected chi connectivity index (χ4v) is 4.15. The van der Waals surface area contributed by atoms with Crippen molar-refractivity contribution in [3.8, 4) is 11.4 Å². The molecule has 0 aliphatic heterocycles. The number of nitrogens with zero attached hydrogens (tertiary/aromatic N) is 5. The highest BCUT2D eigenvalue weighted by atomic mass is 32.2. The van der Waals surface area contributed by atoms with Gasteiger partial charge in [-0.15, -0.1) is 0 Å². The molecule has 1 amide bonds. The van der Waals surface area contributed by atoms with Crippen LogP contribution < -0.4 is 5.32 Å². The minimum absolute atomic E-state index is 0.0347. The van der Waals surface area contributed by atoms with Crippen LogP contribution in [0.4, 0.5) is 0 Å². The van der Waals surface area contributed by atoms with Crippen LogP contribution in [0.1, 0.15) is 43.9 Å². The predicted molar refractivity (Wildman–Crippen MR) is 126 cm³/mol. The summed E-state index contributed by atoms with van der Waals surface area (Å²) in [4.78, 5) is 20.9. The van der Waals surface area contributed by atoms with Crippen molar-refractivity contribution >= 4 is 17.7 Å². The third-order valence-electron chi connectivity index (χ3n) is 5.23. The second-order valence-electron chi connectivity index (χ2n) is 7.84. The number of hydrogen-bond donors (Lipinski definition) is 1. The van der Waals surface area contributed by atoms with E-state index in [9.17, 15) is 4.79 Å². The van der Waals surface area contributed by atoms with Crippen molar-refractivity contribution in [1.29, 1.82) is 0 Å². The Morgan fingerprint density at radius 3 is 2.34 bits per heavy atom. The second-order valence-corrected chi connectivity index (χ2v) is 8.78. The minimum atomic E-state index is -0.101. The Balaban J connectivity index is 1.34. The molecule has 4 rings (SSSR count).